The van der Waals surface area contributed by atoms with Crippen LogP contribution in [0.2, 0.25) is 0 Å². The highest BCUT2D eigenvalue weighted by Crippen LogP contribution is 2.38. The minimum Gasteiger partial charge on any atom is -0.495 e. The van der Waals surface area contributed by atoms with Crippen molar-refractivity contribution in [2.75, 3.05) is 13.7 Å². The van der Waals surface area contributed by atoms with Gasteiger partial charge in [0.1, 0.15) is 12.2 Å². The lowest BCUT2D eigenvalue weighted by Gasteiger charge is -2.38. The molecule has 0 saturated heterocycles. The fraction of sp³-hybridized carbons (Fsp3) is 0.600. The largest absolute Gasteiger partial charge is 0.495 e. The molecule has 34 heavy (non-hydrogen) atoms. The first-order valence-corrected chi connectivity index (χ1v) is 12.8. The lowest BCUT2D eigenvalue weighted by Crippen LogP contribution is -2.43. The van der Waals surface area contributed by atoms with Gasteiger partial charge in [0.05, 0.1) is 13.7 Å². The third-order valence-electron chi connectivity index (χ3n) is 6.96. The molecule has 0 heterocycles. The summed E-state index contributed by atoms with van der Waals surface area (Å²) in [5.74, 6) is 0.768. The highest BCUT2D eigenvalue weighted by molar-refractivity contribution is 5.20. The van der Waals surface area contributed by atoms with Crippen LogP contribution in [0.15, 0.2) is 70.8 Å². The van der Waals surface area contributed by atoms with Crippen LogP contribution >= 0.6 is 0 Å². The third-order valence-corrected chi connectivity index (χ3v) is 6.96. The Morgan fingerprint density at radius 2 is 1.62 bits per heavy atom. The molecule has 0 amide bonds. The van der Waals surface area contributed by atoms with Crippen molar-refractivity contribution >= 4 is 0 Å². The van der Waals surface area contributed by atoms with E-state index in [1.807, 2.05) is 19.1 Å². The van der Waals surface area contributed by atoms with Gasteiger partial charge in [0, 0.05) is 11.8 Å². The zero-order valence-corrected chi connectivity index (χ0v) is 22.1. The van der Waals surface area contributed by atoms with Crippen molar-refractivity contribution in [3.63, 3.8) is 0 Å². The van der Waals surface area contributed by atoms with E-state index in [0.717, 1.165) is 32.1 Å². The standard InChI is InChI=1S/C30H46O4/c1-21(2)12-10-13-22(3)14-11-15-23(4)18-19-26-24(5)27(31)30(29(33-6)28(26)32)34-20-25-16-8-7-9-17-25/h7-9,12,14,16,18,24-28,31-32H,10-11,13,15,17,19-20H2,1-6H3/b22-14+,23-18+. The van der Waals surface area contributed by atoms with E-state index in [-0.39, 0.29) is 17.8 Å². The van der Waals surface area contributed by atoms with Gasteiger partial charge in [0.15, 0.2) is 11.5 Å². The molecule has 0 aromatic carbocycles. The Kier molecular flexibility index (Phi) is 11.9. The van der Waals surface area contributed by atoms with Crippen molar-refractivity contribution in [3.05, 3.63) is 70.8 Å². The molecule has 4 heteroatoms. The SMILES string of the molecule is COC1=C(OCC2C=CC=CC2)C(O)C(C)C(C/C=C(\C)CC/C=C(\C)CCC=C(C)C)C1O. The van der Waals surface area contributed by atoms with Gasteiger partial charge >= 0.3 is 0 Å². The lowest BCUT2D eigenvalue weighted by atomic mass is 9.76. The van der Waals surface area contributed by atoms with Crippen molar-refractivity contribution in [2.24, 2.45) is 17.8 Å². The lowest BCUT2D eigenvalue weighted by molar-refractivity contribution is -0.0442. The second-order valence-electron chi connectivity index (χ2n) is 10.2. The molecule has 0 aliphatic heterocycles. The number of rotatable bonds is 12. The molecule has 5 unspecified atom stereocenters. The van der Waals surface area contributed by atoms with Crippen LogP contribution in [-0.4, -0.2) is 36.1 Å². The van der Waals surface area contributed by atoms with E-state index in [2.05, 4.69) is 58.1 Å². The van der Waals surface area contributed by atoms with Crippen molar-refractivity contribution in [1.82, 2.24) is 0 Å². The van der Waals surface area contributed by atoms with Gasteiger partial charge in [-0.05, 0) is 72.1 Å². The van der Waals surface area contributed by atoms with Gasteiger partial charge in [-0.25, -0.2) is 0 Å². The van der Waals surface area contributed by atoms with E-state index < -0.39 is 12.2 Å². The Morgan fingerprint density at radius 1 is 0.941 bits per heavy atom. The second-order valence-corrected chi connectivity index (χ2v) is 10.2. The van der Waals surface area contributed by atoms with E-state index in [4.69, 9.17) is 9.47 Å². The minimum absolute atomic E-state index is 0.119. The zero-order chi connectivity index (χ0) is 25.1. The molecule has 0 aromatic rings. The smallest absolute Gasteiger partial charge is 0.165 e. The van der Waals surface area contributed by atoms with Crippen molar-refractivity contribution in [3.8, 4) is 0 Å². The summed E-state index contributed by atoms with van der Waals surface area (Å²) >= 11 is 0. The number of hydrogen-bond acceptors (Lipinski definition) is 4. The summed E-state index contributed by atoms with van der Waals surface area (Å²) in [5, 5.41) is 22.1. The molecule has 2 N–H and O–H groups in total. The van der Waals surface area contributed by atoms with Crippen molar-refractivity contribution in [1.29, 1.82) is 0 Å². The Labute approximate surface area is 207 Å². The number of hydrogen-bond donors (Lipinski definition) is 2. The summed E-state index contributed by atoms with van der Waals surface area (Å²) in [6, 6.07) is 0. The van der Waals surface area contributed by atoms with Crippen molar-refractivity contribution < 1.29 is 19.7 Å². The Bertz CT molecular complexity index is 823. The predicted octanol–water partition coefficient (Wildman–Crippen LogP) is 6.79. The van der Waals surface area contributed by atoms with Crippen LogP contribution in [0.3, 0.4) is 0 Å². The van der Waals surface area contributed by atoms with Gasteiger partial charge in [-0.15, -0.1) is 0 Å². The Morgan fingerprint density at radius 3 is 2.24 bits per heavy atom. The molecular formula is C30H46O4. The molecule has 5 atom stereocenters. The number of ether oxygens (including phenoxy) is 2. The number of aliphatic hydroxyl groups is 2. The third kappa shape index (κ3) is 8.63. The van der Waals surface area contributed by atoms with Crippen LogP contribution in [0.4, 0.5) is 0 Å². The minimum atomic E-state index is -0.790. The van der Waals surface area contributed by atoms with E-state index in [9.17, 15) is 10.2 Å². The van der Waals surface area contributed by atoms with Crippen LogP contribution in [0.5, 0.6) is 0 Å². The van der Waals surface area contributed by atoms with Gasteiger partial charge in [0.25, 0.3) is 0 Å². The summed E-state index contributed by atoms with van der Waals surface area (Å²) in [4.78, 5) is 0. The Hall–Kier alpha value is -2.04. The first-order valence-electron chi connectivity index (χ1n) is 12.8. The second kappa shape index (κ2) is 14.4. The van der Waals surface area contributed by atoms with E-state index in [1.165, 1.54) is 23.8 Å². The monoisotopic (exact) mass is 470 g/mol. The van der Waals surface area contributed by atoms with Gasteiger partial charge in [-0.3, -0.25) is 0 Å². The van der Waals surface area contributed by atoms with E-state index in [1.54, 1.807) is 0 Å². The average molecular weight is 471 g/mol. The molecule has 0 spiro atoms. The summed E-state index contributed by atoms with van der Waals surface area (Å²) < 4.78 is 11.5. The maximum Gasteiger partial charge on any atom is 0.165 e. The normalized spacial score (nSPS) is 27.7. The van der Waals surface area contributed by atoms with E-state index >= 15 is 0 Å². The summed E-state index contributed by atoms with van der Waals surface area (Å²) in [6.07, 6.45) is 19.4. The molecule has 0 saturated carbocycles. The summed E-state index contributed by atoms with van der Waals surface area (Å²) in [6.45, 7) is 11.1. The van der Waals surface area contributed by atoms with Crippen LogP contribution in [-0.2, 0) is 9.47 Å². The predicted molar refractivity (Wildman–Crippen MR) is 141 cm³/mol. The molecular weight excluding hydrogens is 424 g/mol. The van der Waals surface area contributed by atoms with Gasteiger partial charge in [-0.1, -0.05) is 66.2 Å². The first kappa shape index (κ1) is 28.2. The molecule has 0 radical (unpaired) electrons. The van der Waals surface area contributed by atoms with Gasteiger partial charge in [-0.2, -0.15) is 0 Å². The molecule has 2 aliphatic rings. The molecule has 0 bridgehead atoms. The molecule has 2 aliphatic carbocycles. The Balaban J connectivity index is 1.94. The number of allylic oxidation sites excluding steroid dienone is 9. The number of aliphatic hydroxyl groups excluding tert-OH is 2. The molecule has 4 nitrogen and oxygen atoms in total. The first-order chi connectivity index (χ1) is 16.2. The topological polar surface area (TPSA) is 58.9 Å². The highest BCUT2D eigenvalue weighted by atomic mass is 16.5. The molecule has 190 valence electrons. The summed E-state index contributed by atoms with van der Waals surface area (Å²) in [7, 11) is 1.54. The van der Waals surface area contributed by atoms with Crippen LogP contribution in [0, 0.1) is 17.8 Å². The fourth-order valence-corrected chi connectivity index (χ4v) is 4.60. The summed E-state index contributed by atoms with van der Waals surface area (Å²) in [5.41, 5.74) is 4.12. The molecule has 2 rings (SSSR count). The van der Waals surface area contributed by atoms with E-state index in [0.29, 0.717) is 24.5 Å². The van der Waals surface area contributed by atoms with Gasteiger partial charge in [0.2, 0.25) is 0 Å². The fourth-order valence-electron chi connectivity index (χ4n) is 4.60. The maximum absolute atomic E-state index is 11.1. The average Bonchev–Trinajstić information content (AvgIpc) is 2.80. The quantitative estimate of drug-likeness (QED) is 0.308. The highest BCUT2D eigenvalue weighted by Gasteiger charge is 2.42. The molecule has 0 aromatic heterocycles. The van der Waals surface area contributed by atoms with Crippen LogP contribution < -0.4 is 0 Å². The zero-order valence-electron chi connectivity index (χ0n) is 22.1. The van der Waals surface area contributed by atoms with Gasteiger partial charge < -0.3 is 19.7 Å². The van der Waals surface area contributed by atoms with Crippen LogP contribution in [0.25, 0.3) is 0 Å². The number of methoxy groups -OCH3 is 1. The maximum atomic E-state index is 11.1. The van der Waals surface area contributed by atoms with Crippen molar-refractivity contribution in [2.45, 2.75) is 85.4 Å². The molecule has 0 fully saturated rings. The van der Waals surface area contributed by atoms with Crippen LogP contribution in [0.1, 0.15) is 73.1 Å².